The van der Waals surface area contributed by atoms with E-state index in [4.69, 9.17) is 4.74 Å². The first-order valence-electron chi connectivity index (χ1n) is 8.95. The number of pyridine rings is 1. The van der Waals surface area contributed by atoms with Crippen molar-refractivity contribution in [3.05, 3.63) is 28.6 Å². The van der Waals surface area contributed by atoms with Crippen molar-refractivity contribution in [1.82, 2.24) is 9.88 Å². The quantitative estimate of drug-likeness (QED) is 0.600. The number of hydrogen-bond donors (Lipinski definition) is 0. The van der Waals surface area contributed by atoms with Crippen LogP contribution in [0.2, 0.25) is 0 Å². The molecule has 1 saturated heterocycles. The molecule has 0 aromatic carbocycles. The Hall–Kier alpha value is -2.38. The van der Waals surface area contributed by atoms with Crippen LogP contribution in [-0.2, 0) is 4.74 Å². The van der Waals surface area contributed by atoms with Gasteiger partial charge in [0.2, 0.25) is 0 Å². The van der Waals surface area contributed by atoms with Crippen molar-refractivity contribution in [3.8, 4) is 0 Å². The molecule has 26 heavy (non-hydrogen) atoms. The molecule has 0 spiro atoms. The van der Waals surface area contributed by atoms with Crippen molar-refractivity contribution in [3.63, 3.8) is 0 Å². The molecular formula is C18H28N4O4. The van der Waals surface area contributed by atoms with E-state index in [1.165, 1.54) is 6.20 Å². The number of likely N-dealkylation sites (N-methyl/N-ethyl adjacent to an activating group) is 1. The zero-order valence-corrected chi connectivity index (χ0v) is 16.1. The lowest BCUT2D eigenvalue weighted by atomic mass is 9.94. The highest BCUT2D eigenvalue weighted by atomic mass is 16.6. The van der Waals surface area contributed by atoms with Crippen LogP contribution in [0.5, 0.6) is 0 Å². The summed E-state index contributed by atoms with van der Waals surface area (Å²) >= 11 is 0. The van der Waals surface area contributed by atoms with Crippen molar-refractivity contribution in [2.24, 2.45) is 5.92 Å². The molecular weight excluding hydrogens is 336 g/mol. The van der Waals surface area contributed by atoms with Gasteiger partial charge >= 0.3 is 11.8 Å². The molecule has 0 aliphatic carbocycles. The zero-order chi connectivity index (χ0) is 19.5. The monoisotopic (exact) mass is 364 g/mol. The SMILES string of the molecule is CCN(C(=O)OC(C)(C)C)[C@H]1C[C@@H](C)CN(c2ccncc2[N+](=O)[O-])C1. The predicted molar refractivity (Wildman–Crippen MR) is 99.3 cm³/mol. The second kappa shape index (κ2) is 7.88. The van der Waals surface area contributed by atoms with Crippen LogP contribution in [0.15, 0.2) is 18.5 Å². The molecule has 0 unspecified atom stereocenters. The minimum atomic E-state index is -0.561. The third-order valence-corrected chi connectivity index (χ3v) is 4.36. The summed E-state index contributed by atoms with van der Waals surface area (Å²) in [6.07, 6.45) is 3.32. The maximum atomic E-state index is 12.6. The number of nitrogens with zero attached hydrogens (tertiary/aromatic N) is 4. The first kappa shape index (κ1) is 19.9. The molecule has 1 aromatic rings. The van der Waals surface area contributed by atoms with E-state index >= 15 is 0 Å². The van der Waals surface area contributed by atoms with Gasteiger partial charge in [-0.15, -0.1) is 0 Å². The topological polar surface area (TPSA) is 88.8 Å². The van der Waals surface area contributed by atoms with Crippen molar-refractivity contribution in [2.45, 2.75) is 52.7 Å². The molecule has 1 aromatic heterocycles. The van der Waals surface area contributed by atoms with Crippen LogP contribution in [0.1, 0.15) is 41.0 Å². The Morgan fingerprint density at radius 1 is 1.46 bits per heavy atom. The molecule has 8 nitrogen and oxygen atoms in total. The summed E-state index contributed by atoms with van der Waals surface area (Å²) < 4.78 is 5.53. The first-order valence-corrected chi connectivity index (χ1v) is 8.95. The molecule has 0 saturated carbocycles. The Balaban J connectivity index is 2.24. The lowest BCUT2D eigenvalue weighted by Gasteiger charge is -2.42. The first-order chi connectivity index (χ1) is 12.1. The molecule has 1 amide bonds. The van der Waals surface area contributed by atoms with Gasteiger partial charge in [-0.1, -0.05) is 6.92 Å². The molecule has 1 fully saturated rings. The number of amides is 1. The fourth-order valence-electron chi connectivity index (χ4n) is 3.38. The maximum absolute atomic E-state index is 12.6. The number of anilines is 1. The predicted octanol–water partition coefficient (Wildman–Crippen LogP) is 3.46. The highest BCUT2D eigenvalue weighted by molar-refractivity contribution is 5.69. The van der Waals surface area contributed by atoms with E-state index in [1.54, 1.807) is 17.2 Å². The van der Waals surface area contributed by atoms with Crippen molar-refractivity contribution < 1.29 is 14.5 Å². The third kappa shape index (κ3) is 4.83. The summed E-state index contributed by atoms with van der Waals surface area (Å²) in [5.74, 6) is 0.290. The molecule has 0 bridgehead atoms. The summed E-state index contributed by atoms with van der Waals surface area (Å²) in [6.45, 7) is 11.3. The second-order valence-electron chi connectivity index (χ2n) is 7.79. The van der Waals surface area contributed by atoms with E-state index in [0.717, 1.165) is 6.42 Å². The van der Waals surface area contributed by atoms with Gasteiger partial charge in [-0.2, -0.15) is 0 Å². The van der Waals surface area contributed by atoms with Gasteiger partial charge in [0.25, 0.3) is 0 Å². The van der Waals surface area contributed by atoms with Crippen LogP contribution in [0.3, 0.4) is 0 Å². The van der Waals surface area contributed by atoms with Crippen LogP contribution in [0, 0.1) is 16.0 Å². The summed E-state index contributed by atoms with van der Waals surface area (Å²) in [7, 11) is 0. The molecule has 8 heteroatoms. The number of aromatic nitrogens is 1. The number of hydrogen-bond acceptors (Lipinski definition) is 6. The van der Waals surface area contributed by atoms with E-state index in [1.807, 2.05) is 32.6 Å². The Bertz CT molecular complexity index is 659. The molecule has 144 valence electrons. The fraction of sp³-hybridized carbons (Fsp3) is 0.667. The molecule has 2 atom stereocenters. The van der Waals surface area contributed by atoms with E-state index in [2.05, 4.69) is 11.9 Å². The van der Waals surface area contributed by atoms with Crippen LogP contribution >= 0.6 is 0 Å². The average Bonchev–Trinajstić information content (AvgIpc) is 2.53. The van der Waals surface area contributed by atoms with Crippen LogP contribution in [0.4, 0.5) is 16.2 Å². The molecule has 2 heterocycles. The van der Waals surface area contributed by atoms with Crippen LogP contribution in [-0.4, -0.2) is 52.2 Å². The van der Waals surface area contributed by atoms with Crippen molar-refractivity contribution >= 4 is 17.5 Å². The number of carbonyl (C=O) groups excluding carboxylic acids is 1. The zero-order valence-electron chi connectivity index (χ0n) is 16.1. The summed E-state index contributed by atoms with van der Waals surface area (Å²) in [5, 5.41) is 11.3. The molecule has 2 rings (SSSR count). The third-order valence-electron chi connectivity index (χ3n) is 4.36. The van der Waals surface area contributed by atoms with Gasteiger partial charge in [-0.05, 0) is 46.1 Å². The summed E-state index contributed by atoms with van der Waals surface area (Å²) in [5.41, 5.74) is -0.0311. The highest BCUT2D eigenvalue weighted by Crippen LogP contribution is 2.32. The number of piperidine rings is 1. The fourth-order valence-corrected chi connectivity index (χ4v) is 3.38. The van der Waals surface area contributed by atoms with E-state index < -0.39 is 10.5 Å². The average molecular weight is 364 g/mol. The van der Waals surface area contributed by atoms with Gasteiger partial charge in [0.05, 0.1) is 11.0 Å². The lowest BCUT2D eigenvalue weighted by molar-refractivity contribution is -0.384. The van der Waals surface area contributed by atoms with Crippen molar-refractivity contribution in [2.75, 3.05) is 24.5 Å². The van der Waals surface area contributed by atoms with Gasteiger partial charge in [-0.25, -0.2) is 4.79 Å². The standard InChI is InChI=1S/C18H28N4O4/c1-6-21(17(23)26-18(3,4)5)14-9-13(2)11-20(12-14)15-7-8-19-10-16(15)22(24)25/h7-8,10,13-14H,6,9,11-12H2,1-5H3/t13-,14+/m1/s1. The van der Waals surface area contributed by atoms with Gasteiger partial charge in [0.15, 0.2) is 0 Å². The van der Waals surface area contributed by atoms with Crippen molar-refractivity contribution in [1.29, 1.82) is 0 Å². The molecule has 1 aliphatic rings. The lowest BCUT2D eigenvalue weighted by Crippen LogP contribution is -2.53. The maximum Gasteiger partial charge on any atom is 0.410 e. The summed E-state index contributed by atoms with van der Waals surface area (Å²) in [6, 6.07) is 1.60. The molecule has 0 radical (unpaired) electrons. The van der Waals surface area contributed by atoms with E-state index in [0.29, 0.717) is 25.3 Å². The van der Waals surface area contributed by atoms with Gasteiger partial charge in [-0.3, -0.25) is 15.1 Å². The smallest absolute Gasteiger partial charge is 0.410 e. The second-order valence-corrected chi connectivity index (χ2v) is 7.79. The Morgan fingerprint density at radius 3 is 2.73 bits per heavy atom. The molecule has 1 aliphatic heterocycles. The minimum absolute atomic E-state index is 0.0133. The van der Waals surface area contributed by atoms with E-state index in [-0.39, 0.29) is 23.7 Å². The van der Waals surface area contributed by atoms with Gasteiger partial charge in [0.1, 0.15) is 17.5 Å². The Kier molecular flexibility index (Phi) is 6.05. The number of nitro groups is 1. The Morgan fingerprint density at radius 2 is 2.15 bits per heavy atom. The van der Waals surface area contributed by atoms with Crippen LogP contribution < -0.4 is 4.90 Å². The summed E-state index contributed by atoms with van der Waals surface area (Å²) in [4.78, 5) is 31.1. The largest absolute Gasteiger partial charge is 0.444 e. The minimum Gasteiger partial charge on any atom is -0.444 e. The molecule has 0 N–H and O–H groups in total. The number of rotatable bonds is 4. The normalized spacial score (nSPS) is 20.6. The number of ether oxygens (including phenoxy) is 1. The highest BCUT2D eigenvalue weighted by Gasteiger charge is 2.35. The van der Waals surface area contributed by atoms with E-state index in [9.17, 15) is 14.9 Å². The van der Waals surface area contributed by atoms with Crippen LogP contribution in [0.25, 0.3) is 0 Å². The van der Waals surface area contributed by atoms with Gasteiger partial charge in [0, 0.05) is 25.8 Å². The number of carbonyl (C=O) groups is 1. The Labute approximate surface area is 154 Å². The van der Waals surface area contributed by atoms with Gasteiger partial charge < -0.3 is 14.5 Å².